The van der Waals surface area contributed by atoms with Crippen molar-refractivity contribution < 1.29 is 31.1 Å². The van der Waals surface area contributed by atoms with E-state index in [2.05, 4.69) is 23.8 Å². The average molecular weight is 464 g/mol. The largest absolute Gasteiger partial charge is 0.439 e. The Balaban J connectivity index is 1.75. The fraction of sp³-hybridized carbons (Fsp3) is 0.231. The van der Waals surface area contributed by atoms with E-state index in [1.54, 1.807) is 6.08 Å². The highest BCUT2D eigenvalue weighted by atomic mass is 19.4. The number of aryl methyl sites for hydroxylation is 1. The standard InChI is InChI=1S/C26H22F6O/c1-2-5-18-8-13-20(14-9-18)21-15-10-19(11-16-21)12-17-22-6-3-4-7-23(22)33-26(31,32)24(27)25(28,29)30/h3-4,6-17,24H,2,5H2,1H3. The van der Waals surface area contributed by atoms with Crippen LogP contribution in [0.15, 0.2) is 72.8 Å². The zero-order valence-electron chi connectivity index (χ0n) is 17.8. The van der Waals surface area contributed by atoms with Crippen LogP contribution in [0.5, 0.6) is 5.75 Å². The summed E-state index contributed by atoms with van der Waals surface area (Å²) >= 11 is 0. The van der Waals surface area contributed by atoms with Crippen LogP contribution >= 0.6 is 0 Å². The van der Waals surface area contributed by atoms with Gasteiger partial charge in [-0.1, -0.05) is 92.2 Å². The molecule has 1 unspecified atom stereocenters. The molecule has 0 N–H and O–H groups in total. The second kappa shape index (κ2) is 10.1. The van der Waals surface area contributed by atoms with Gasteiger partial charge in [-0.25, -0.2) is 4.39 Å². The molecule has 3 aromatic rings. The molecule has 0 aromatic heterocycles. The van der Waals surface area contributed by atoms with E-state index in [0.717, 1.165) is 35.6 Å². The molecule has 0 aliphatic carbocycles. The number of hydrogen-bond donors (Lipinski definition) is 0. The third-order valence-corrected chi connectivity index (χ3v) is 4.94. The normalized spacial score (nSPS) is 13.3. The molecule has 0 aliphatic heterocycles. The first kappa shape index (κ1) is 24.4. The van der Waals surface area contributed by atoms with Gasteiger partial charge in [0.15, 0.2) is 0 Å². The van der Waals surface area contributed by atoms with E-state index in [0.29, 0.717) is 0 Å². The van der Waals surface area contributed by atoms with Crippen molar-refractivity contribution in [2.75, 3.05) is 0 Å². The maximum Gasteiger partial charge on any atom is 0.439 e. The molecule has 0 fully saturated rings. The van der Waals surface area contributed by atoms with Crippen molar-refractivity contribution in [3.05, 3.63) is 89.5 Å². The summed E-state index contributed by atoms with van der Waals surface area (Å²) < 4.78 is 81.8. The Morgan fingerprint density at radius 2 is 1.36 bits per heavy atom. The highest BCUT2D eigenvalue weighted by Crippen LogP contribution is 2.37. The number of para-hydroxylation sites is 1. The van der Waals surface area contributed by atoms with Crippen LogP contribution in [0.2, 0.25) is 0 Å². The first-order valence-corrected chi connectivity index (χ1v) is 10.3. The lowest BCUT2D eigenvalue weighted by atomic mass is 10.0. The molecule has 0 heterocycles. The Bertz CT molecular complexity index is 1070. The Morgan fingerprint density at radius 1 is 0.788 bits per heavy atom. The molecule has 0 spiro atoms. The number of halogens is 6. The van der Waals surface area contributed by atoms with Gasteiger partial charge in [0.2, 0.25) is 0 Å². The van der Waals surface area contributed by atoms with E-state index in [4.69, 9.17) is 0 Å². The number of hydrogen-bond acceptors (Lipinski definition) is 1. The lowest BCUT2D eigenvalue weighted by molar-refractivity contribution is -0.305. The summed E-state index contributed by atoms with van der Waals surface area (Å²) in [5, 5.41) is 0. The van der Waals surface area contributed by atoms with Crippen molar-refractivity contribution in [2.24, 2.45) is 0 Å². The average Bonchev–Trinajstić information content (AvgIpc) is 2.78. The monoisotopic (exact) mass is 464 g/mol. The molecular weight excluding hydrogens is 442 g/mol. The van der Waals surface area contributed by atoms with E-state index in [-0.39, 0.29) is 5.56 Å². The molecule has 33 heavy (non-hydrogen) atoms. The van der Waals surface area contributed by atoms with E-state index in [9.17, 15) is 26.3 Å². The molecule has 0 aliphatic rings. The molecule has 174 valence electrons. The van der Waals surface area contributed by atoms with Gasteiger partial charge in [0.1, 0.15) is 5.75 Å². The van der Waals surface area contributed by atoms with E-state index < -0.39 is 24.2 Å². The van der Waals surface area contributed by atoms with Crippen molar-refractivity contribution in [1.29, 1.82) is 0 Å². The Morgan fingerprint density at radius 3 is 1.94 bits per heavy atom. The van der Waals surface area contributed by atoms with Crippen LogP contribution in [0.1, 0.15) is 30.0 Å². The van der Waals surface area contributed by atoms with Crippen LogP contribution in [0.4, 0.5) is 26.3 Å². The zero-order valence-corrected chi connectivity index (χ0v) is 17.8. The quantitative estimate of drug-likeness (QED) is 0.240. The molecule has 0 radical (unpaired) electrons. The van der Waals surface area contributed by atoms with E-state index >= 15 is 0 Å². The molecule has 0 amide bonds. The van der Waals surface area contributed by atoms with Crippen molar-refractivity contribution >= 4 is 12.2 Å². The summed E-state index contributed by atoms with van der Waals surface area (Å²) in [6.07, 6.45) is -10.1. The summed E-state index contributed by atoms with van der Waals surface area (Å²) in [6, 6.07) is 21.0. The SMILES string of the molecule is CCCc1ccc(-c2ccc(C=Cc3ccccc3OC(F)(F)C(F)C(F)(F)F)cc2)cc1. The highest BCUT2D eigenvalue weighted by Gasteiger charge is 2.59. The van der Waals surface area contributed by atoms with E-state index in [1.807, 2.05) is 36.4 Å². The predicted molar refractivity (Wildman–Crippen MR) is 118 cm³/mol. The van der Waals surface area contributed by atoms with Crippen LogP contribution in [0.25, 0.3) is 23.3 Å². The topological polar surface area (TPSA) is 9.23 Å². The minimum Gasteiger partial charge on any atom is -0.430 e. The van der Waals surface area contributed by atoms with Crippen molar-refractivity contribution in [2.45, 2.75) is 38.2 Å². The predicted octanol–water partition coefficient (Wildman–Crippen LogP) is 8.35. The first-order valence-electron chi connectivity index (χ1n) is 10.3. The molecule has 0 saturated heterocycles. The molecule has 1 atom stereocenters. The van der Waals surface area contributed by atoms with Crippen LogP contribution in [0, 0.1) is 0 Å². The Hall–Kier alpha value is -3.22. The van der Waals surface area contributed by atoms with Crippen LogP contribution in [0.3, 0.4) is 0 Å². The maximum absolute atomic E-state index is 13.7. The summed E-state index contributed by atoms with van der Waals surface area (Å²) in [7, 11) is 0. The Labute approximate surface area is 188 Å². The smallest absolute Gasteiger partial charge is 0.430 e. The van der Waals surface area contributed by atoms with Gasteiger partial charge in [0.25, 0.3) is 6.17 Å². The van der Waals surface area contributed by atoms with Crippen molar-refractivity contribution in [3.8, 4) is 16.9 Å². The fourth-order valence-electron chi connectivity index (χ4n) is 3.23. The Kier molecular flexibility index (Phi) is 7.51. The van der Waals surface area contributed by atoms with Gasteiger partial charge < -0.3 is 4.74 Å². The first-order chi connectivity index (χ1) is 15.6. The number of rotatable bonds is 8. The van der Waals surface area contributed by atoms with Gasteiger partial charge in [-0.3, -0.25) is 0 Å². The van der Waals surface area contributed by atoms with Crippen LogP contribution in [-0.4, -0.2) is 18.5 Å². The fourth-order valence-corrected chi connectivity index (χ4v) is 3.23. The molecular formula is C26H22F6O. The molecule has 0 saturated carbocycles. The molecule has 1 nitrogen and oxygen atoms in total. The second-order valence-corrected chi connectivity index (χ2v) is 7.51. The summed E-state index contributed by atoms with van der Waals surface area (Å²) in [5.41, 5.74) is 4.14. The molecule has 0 bridgehead atoms. The van der Waals surface area contributed by atoms with Gasteiger partial charge in [-0.15, -0.1) is 0 Å². The summed E-state index contributed by atoms with van der Waals surface area (Å²) in [5.74, 6) is -0.561. The zero-order chi connectivity index (χ0) is 24.1. The molecule has 3 rings (SSSR count). The molecule has 3 aromatic carbocycles. The maximum atomic E-state index is 13.7. The van der Waals surface area contributed by atoms with Crippen LogP contribution in [-0.2, 0) is 6.42 Å². The lowest BCUT2D eigenvalue weighted by Crippen LogP contribution is -2.45. The highest BCUT2D eigenvalue weighted by molar-refractivity contribution is 5.74. The number of ether oxygens (including phenoxy) is 1. The summed E-state index contributed by atoms with van der Waals surface area (Å²) in [6.45, 7) is 2.12. The van der Waals surface area contributed by atoms with Gasteiger partial charge in [0.05, 0.1) is 0 Å². The third-order valence-electron chi connectivity index (χ3n) is 4.94. The van der Waals surface area contributed by atoms with Crippen molar-refractivity contribution in [3.63, 3.8) is 0 Å². The van der Waals surface area contributed by atoms with Gasteiger partial charge in [0, 0.05) is 5.56 Å². The van der Waals surface area contributed by atoms with E-state index in [1.165, 1.54) is 29.8 Å². The van der Waals surface area contributed by atoms with Gasteiger partial charge in [-0.05, 0) is 34.7 Å². The minimum absolute atomic E-state index is 0.0853. The van der Waals surface area contributed by atoms with Gasteiger partial charge in [-0.2, -0.15) is 22.0 Å². The van der Waals surface area contributed by atoms with Gasteiger partial charge >= 0.3 is 12.3 Å². The lowest BCUT2D eigenvalue weighted by Gasteiger charge is -2.23. The summed E-state index contributed by atoms with van der Waals surface area (Å²) in [4.78, 5) is 0. The number of benzene rings is 3. The number of alkyl halides is 6. The second-order valence-electron chi connectivity index (χ2n) is 7.51. The molecule has 7 heteroatoms. The van der Waals surface area contributed by atoms with Crippen LogP contribution < -0.4 is 4.74 Å². The minimum atomic E-state index is -5.74. The third kappa shape index (κ3) is 6.40. The van der Waals surface area contributed by atoms with Crippen molar-refractivity contribution in [1.82, 2.24) is 0 Å².